The molecule has 1 aromatic carbocycles. The lowest BCUT2D eigenvalue weighted by molar-refractivity contribution is 0.160. The Hall–Kier alpha value is -0.820. The van der Waals surface area contributed by atoms with Crippen molar-refractivity contribution in [3.8, 4) is 12.3 Å². The summed E-state index contributed by atoms with van der Waals surface area (Å²) in [4.78, 5) is 1.95. The minimum Gasteiger partial charge on any atom is -0.394 e. The summed E-state index contributed by atoms with van der Waals surface area (Å²) in [6, 6.07) is 7.84. The van der Waals surface area contributed by atoms with Crippen molar-refractivity contribution in [1.29, 1.82) is 0 Å². The topological polar surface area (TPSA) is 23.5 Å². The molecule has 1 unspecified atom stereocenters. The van der Waals surface area contributed by atoms with Crippen LogP contribution in [0.5, 0.6) is 0 Å². The summed E-state index contributed by atoms with van der Waals surface area (Å²) >= 11 is 3.41. The summed E-state index contributed by atoms with van der Waals surface area (Å²) < 4.78 is 1.01. The zero-order valence-electron chi connectivity index (χ0n) is 8.65. The summed E-state index contributed by atoms with van der Waals surface area (Å²) in [6.07, 6.45) is 5.25. The van der Waals surface area contributed by atoms with Crippen molar-refractivity contribution in [1.82, 2.24) is 4.90 Å². The van der Waals surface area contributed by atoms with Gasteiger partial charge < -0.3 is 5.11 Å². The molecular formula is C12H14BrNO. The van der Waals surface area contributed by atoms with E-state index in [1.807, 2.05) is 36.2 Å². The van der Waals surface area contributed by atoms with Crippen LogP contribution in [0.1, 0.15) is 11.6 Å². The van der Waals surface area contributed by atoms with Crippen molar-refractivity contribution in [2.24, 2.45) is 0 Å². The molecule has 1 N–H and O–H groups in total. The first kappa shape index (κ1) is 12.3. The number of terminal acetylenes is 1. The summed E-state index contributed by atoms with van der Waals surface area (Å²) in [5, 5.41) is 9.34. The van der Waals surface area contributed by atoms with E-state index in [-0.39, 0.29) is 12.6 Å². The number of aliphatic hydroxyl groups excluding tert-OH is 1. The van der Waals surface area contributed by atoms with Crippen molar-refractivity contribution in [3.05, 3.63) is 34.3 Å². The minimum atomic E-state index is -0.0430. The van der Waals surface area contributed by atoms with Crippen LogP contribution in [0, 0.1) is 12.3 Å². The Morgan fingerprint density at radius 1 is 1.60 bits per heavy atom. The number of benzene rings is 1. The Kier molecular flexibility index (Phi) is 4.83. The number of hydrogen-bond acceptors (Lipinski definition) is 2. The molecule has 0 spiro atoms. The smallest absolute Gasteiger partial charge is 0.0628 e. The predicted octanol–water partition coefficient (Wildman–Crippen LogP) is 2.05. The van der Waals surface area contributed by atoms with Crippen LogP contribution in [0.15, 0.2) is 28.7 Å². The van der Waals surface area contributed by atoms with Gasteiger partial charge in [-0.2, -0.15) is 0 Å². The molecule has 1 rings (SSSR count). The van der Waals surface area contributed by atoms with Crippen molar-refractivity contribution in [2.75, 3.05) is 20.2 Å². The Morgan fingerprint density at radius 2 is 2.33 bits per heavy atom. The molecule has 0 saturated heterocycles. The average molecular weight is 268 g/mol. The number of likely N-dealkylation sites (N-methyl/N-ethyl adjacent to an activating group) is 1. The second-order valence-electron chi connectivity index (χ2n) is 3.37. The van der Waals surface area contributed by atoms with Crippen LogP contribution in [0.2, 0.25) is 0 Å². The molecule has 0 bridgehead atoms. The summed E-state index contributed by atoms with van der Waals surface area (Å²) in [5.41, 5.74) is 1.06. The molecule has 0 aliphatic rings. The molecule has 0 saturated carbocycles. The minimum absolute atomic E-state index is 0.0430. The average Bonchev–Trinajstić information content (AvgIpc) is 2.19. The molecule has 15 heavy (non-hydrogen) atoms. The lowest BCUT2D eigenvalue weighted by atomic mass is 10.1. The first-order chi connectivity index (χ1) is 7.19. The van der Waals surface area contributed by atoms with Gasteiger partial charge in [0.05, 0.1) is 19.2 Å². The molecule has 3 heteroatoms. The van der Waals surface area contributed by atoms with E-state index in [4.69, 9.17) is 6.42 Å². The largest absolute Gasteiger partial charge is 0.394 e. The predicted molar refractivity (Wildman–Crippen MR) is 65.4 cm³/mol. The van der Waals surface area contributed by atoms with Gasteiger partial charge in [-0.05, 0) is 24.7 Å². The molecule has 1 atom stereocenters. The highest BCUT2D eigenvalue weighted by atomic mass is 79.9. The van der Waals surface area contributed by atoms with E-state index >= 15 is 0 Å². The molecule has 2 nitrogen and oxygen atoms in total. The van der Waals surface area contributed by atoms with Gasteiger partial charge in [0, 0.05) is 4.47 Å². The third-order valence-corrected chi connectivity index (χ3v) is 2.77. The number of rotatable bonds is 4. The van der Waals surface area contributed by atoms with E-state index in [1.165, 1.54) is 0 Å². The molecule has 80 valence electrons. The van der Waals surface area contributed by atoms with Crippen molar-refractivity contribution >= 4 is 15.9 Å². The van der Waals surface area contributed by atoms with Crippen LogP contribution in [0.3, 0.4) is 0 Å². The first-order valence-corrected chi connectivity index (χ1v) is 5.48. The van der Waals surface area contributed by atoms with Crippen molar-refractivity contribution < 1.29 is 5.11 Å². The van der Waals surface area contributed by atoms with Crippen LogP contribution < -0.4 is 0 Å². The number of halogens is 1. The Labute approximate surface area is 99.0 Å². The molecule has 0 fully saturated rings. The summed E-state index contributed by atoms with van der Waals surface area (Å²) in [7, 11) is 1.90. The number of aliphatic hydroxyl groups is 1. The fourth-order valence-electron chi connectivity index (χ4n) is 1.47. The maximum atomic E-state index is 9.34. The highest BCUT2D eigenvalue weighted by Crippen LogP contribution is 2.21. The highest BCUT2D eigenvalue weighted by Gasteiger charge is 2.14. The van der Waals surface area contributed by atoms with Gasteiger partial charge in [0.25, 0.3) is 0 Å². The molecule has 0 aromatic heterocycles. The van der Waals surface area contributed by atoms with Crippen LogP contribution in [0.25, 0.3) is 0 Å². The van der Waals surface area contributed by atoms with Crippen molar-refractivity contribution in [3.63, 3.8) is 0 Å². The monoisotopic (exact) mass is 267 g/mol. The van der Waals surface area contributed by atoms with Crippen LogP contribution in [-0.4, -0.2) is 30.2 Å². The Balaban J connectivity index is 2.88. The molecule has 0 aliphatic carbocycles. The van der Waals surface area contributed by atoms with Gasteiger partial charge in [-0.1, -0.05) is 34.0 Å². The molecule has 0 heterocycles. The van der Waals surface area contributed by atoms with Crippen LogP contribution >= 0.6 is 15.9 Å². The highest BCUT2D eigenvalue weighted by molar-refractivity contribution is 9.10. The summed E-state index contributed by atoms with van der Waals surface area (Å²) in [5.74, 6) is 2.57. The fraction of sp³-hybridized carbons (Fsp3) is 0.333. The third kappa shape index (κ3) is 3.35. The van der Waals surface area contributed by atoms with Gasteiger partial charge in [-0.15, -0.1) is 6.42 Å². The van der Waals surface area contributed by atoms with Gasteiger partial charge in [0.1, 0.15) is 0 Å². The molecule has 0 aliphatic heterocycles. The zero-order valence-corrected chi connectivity index (χ0v) is 10.2. The molecular weight excluding hydrogens is 254 g/mol. The molecule has 0 amide bonds. The zero-order chi connectivity index (χ0) is 11.3. The number of hydrogen-bond donors (Lipinski definition) is 1. The lowest BCUT2D eigenvalue weighted by Gasteiger charge is -2.24. The first-order valence-electron chi connectivity index (χ1n) is 4.69. The van der Waals surface area contributed by atoms with E-state index in [1.54, 1.807) is 0 Å². The quantitative estimate of drug-likeness (QED) is 0.845. The van der Waals surface area contributed by atoms with Gasteiger partial charge in [0.2, 0.25) is 0 Å². The third-order valence-electron chi connectivity index (χ3n) is 2.28. The number of nitrogens with zero attached hydrogens (tertiary/aromatic N) is 1. The van der Waals surface area contributed by atoms with E-state index in [9.17, 15) is 5.11 Å². The van der Waals surface area contributed by atoms with E-state index < -0.39 is 0 Å². The standard InChI is InChI=1S/C12H14BrNO/c1-3-7-14(2)12(9-15)10-5-4-6-11(13)8-10/h1,4-6,8,12,15H,7,9H2,2H3. The van der Waals surface area contributed by atoms with Crippen LogP contribution in [-0.2, 0) is 0 Å². The molecule has 0 radical (unpaired) electrons. The summed E-state index contributed by atoms with van der Waals surface area (Å²) in [6.45, 7) is 0.590. The van der Waals surface area contributed by atoms with Gasteiger partial charge in [-0.3, -0.25) is 4.90 Å². The normalized spacial score (nSPS) is 12.5. The van der Waals surface area contributed by atoms with E-state index in [2.05, 4.69) is 21.9 Å². The maximum absolute atomic E-state index is 9.34. The van der Waals surface area contributed by atoms with Crippen molar-refractivity contribution in [2.45, 2.75) is 6.04 Å². The van der Waals surface area contributed by atoms with Gasteiger partial charge in [-0.25, -0.2) is 0 Å². The lowest BCUT2D eigenvalue weighted by Crippen LogP contribution is -2.27. The van der Waals surface area contributed by atoms with Crippen LogP contribution in [0.4, 0.5) is 0 Å². The van der Waals surface area contributed by atoms with E-state index in [0.717, 1.165) is 10.0 Å². The molecule has 1 aromatic rings. The Morgan fingerprint density at radius 3 is 2.87 bits per heavy atom. The van der Waals surface area contributed by atoms with E-state index in [0.29, 0.717) is 6.54 Å². The Bertz CT molecular complexity index is 359. The SMILES string of the molecule is C#CCN(C)C(CO)c1cccc(Br)c1. The second-order valence-corrected chi connectivity index (χ2v) is 4.29. The van der Waals surface area contributed by atoms with Gasteiger partial charge >= 0.3 is 0 Å². The second kappa shape index (κ2) is 5.92. The van der Waals surface area contributed by atoms with Gasteiger partial charge in [0.15, 0.2) is 0 Å². The maximum Gasteiger partial charge on any atom is 0.0628 e. The fourth-order valence-corrected chi connectivity index (χ4v) is 1.88.